The number of carbonyl (C=O) groups excluding carboxylic acids is 2. The minimum absolute atomic E-state index is 0.212. The van der Waals surface area contributed by atoms with Crippen molar-refractivity contribution in [3.63, 3.8) is 0 Å². The Morgan fingerprint density at radius 1 is 1.45 bits per heavy atom. The molecule has 1 aliphatic carbocycles. The lowest BCUT2D eigenvalue weighted by atomic mass is 10.1. The monoisotopic (exact) mass is 271 g/mol. The molecule has 1 saturated carbocycles. The zero-order valence-electron chi connectivity index (χ0n) is 11.4. The number of terminal acetylenes is 1. The number of hydrogen-bond acceptors (Lipinski definition) is 3. The molecule has 0 aromatic heterocycles. The van der Waals surface area contributed by atoms with Crippen molar-refractivity contribution in [2.75, 3.05) is 7.05 Å². The Hall–Kier alpha value is -2.28. The Labute approximate surface area is 118 Å². The van der Waals surface area contributed by atoms with Crippen LogP contribution in [0.5, 0.6) is 0 Å². The van der Waals surface area contributed by atoms with Crippen molar-refractivity contribution in [3.8, 4) is 12.3 Å². The average molecular weight is 271 g/mol. The Kier molecular flexibility index (Phi) is 4.41. The molecule has 1 N–H and O–H groups in total. The van der Waals surface area contributed by atoms with E-state index in [9.17, 15) is 9.59 Å². The molecule has 0 bridgehead atoms. The van der Waals surface area contributed by atoms with Gasteiger partial charge in [0.15, 0.2) is 0 Å². The van der Waals surface area contributed by atoms with Crippen molar-refractivity contribution in [1.29, 1.82) is 0 Å². The summed E-state index contributed by atoms with van der Waals surface area (Å²) in [5.74, 6) is 2.27. The second-order valence-electron chi connectivity index (χ2n) is 4.85. The molecule has 0 saturated heterocycles. The van der Waals surface area contributed by atoms with Gasteiger partial charge in [-0.15, -0.1) is 12.3 Å². The zero-order chi connectivity index (χ0) is 14.5. The zero-order valence-corrected chi connectivity index (χ0v) is 11.4. The Bertz CT molecular complexity index is 555. The van der Waals surface area contributed by atoms with Gasteiger partial charge < -0.3 is 10.1 Å². The first-order valence-corrected chi connectivity index (χ1v) is 6.62. The van der Waals surface area contributed by atoms with Gasteiger partial charge in [-0.05, 0) is 37.0 Å². The molecule has 1 amide bonds. The van der Waals surface area contributed by atoms with E-state index in [1.165, 1.54) is 6.07 Å². The molecule has 20 heavy (non-hydrogen) atoms. The topological polar surface area (TPSA) is 55.4 Å². The average Bonchev–Trinajstić information content (AvgIpc) is 3.30. The third-order valence-electron chi connectivity index (χ3n) is 3.31. The molecule has 0 heterocycles. The van der Waals surface area contributed by atoms with E-state index < -0.39 is 5.97 Å². The molecule has 1 aromatic carbocycles. The number of ether oxygens (including phenoxy) is 1. The first-order chi connectivity index (χ1) is 9.65. The lowest BCUT2D eigenvalue weighted by Crippen LogP contribution is -2.21. The smallest absolute Gasteiger partial charge is 0.338 e. The number of rotatable bonds is 5. The van der Waals surface area contributed by atoms with Gasteiger partial charge in [0.25, 0.3) is 5.91 Å². The van der Waals surface area contributed by atoms with Gasteiger partial charge >= 0.3 is 5.97 Å². The maximum atomic E-state index is 12.1. The molecule has 0 aliphatic heterocycles. The van der Waals surface area contributed by atoms with Crippen LogP contribution in [0.1, 0.15) is 40.0 Å². The number of carbonyl (C=O) groups is 2. The van der Waals surface area contributed by atoms with E-state index in [1.54, 1.807) is 25.2 Å². The maximum Gasteiger partial charge on any atom is 0.338 e. The molecule has 1 aliphatic rings. The van der Waals surface area contributed by atoms with Crippen molar-refractivity contribution >= 4 is 11.9 Å². The summed E-state index contributed by atoms with van der Waals surface area (Å²) < 4.78 is 5.46. The lowest BCUT2D eigenvalue weighted by molar-refractivity contribution is 0.0261. The maximum absolute atomic E-state index is 12.1. The largest absolute Gasteiger partial charge is 0.457 e. The number of benzene rings is 1. The molecular weight excluding hydrogens is 254 g/mol. The molecule has 4 heteroatoms. The fourth-order valence-corrected chi connectivity index (χ4v) is 2.03. The summed E-state index contributed by atoms with van der Waals surface area (Å²) >= 11 is 0. The highest BCUT2D eigenvalue weighted by Crippen LogP contribution is 2.36. The van der Waals surface area contributed by atoms with Crippen LogP contribution in [-0.4, -0.2) is 25.0 Å². The van der Waals surface area contributed by atoms with Gasteiger partial charge in [0.05, 0.1) is 5.56 Å². The molecule has 104 valence electrons. The molecular formula is C16H17NO3. The summed E-state index contributed by atoms with van der Waals surface area (Å²) in [6, 6.07) is 6.47. The molecule has 0 spiro atoms. The van der Waals surface area contributed by atoms with Crippen LogP contribution in [0, 0.1) is 18.3 Å². The third-order valence-corrected chi connectivity index (χ3v) is 3.31. The van der Waals surface area contributed by atoms with Crippen molar-refractivity contribution in [3.05, 3.63) is 35.4 Å². The first-order valence-electron chi connectivity index (χ1n) is 6.62. The predicted molar refractivity (Wildman–Crippen MR) is 75.2 cm³/mol. The number of nitrogens with one attached hydrogen (secondary N) is 1. The van der Waals surface area contributed by atoms with Crippen LogP contribution < -0.4 is 5.32 Å². The summed E-state index contributed by atoms with van der Waals surface area (Å²) in [5.41, 5.74) is 0.802. The summed E-state index contributed by atoms with van der Waals surface area (Å²) in [7, 11) is 1.55. The van der Waals surface area contributed by atoms with Gasteiger partial charge in [0.1, 0.15) is 6.10 Å². The standard InChI is InChI=1S/C16H17NO3/c1-3-5-14(11-8-9-11)20-16(19)13-7-4-6-12(10-13)15(18)17-2/h1,4,6-7,10-11,14H,5,8-9H2,2H3,(H,17,18)/t14-/m0/s1. The highest BCUT2D eigenvalue weighted by Gasteiger charge is 2.33. The number of esters is 1. The minimum Gasteiger partial charge on any atom is -0.457 e. The fourth-order valence-electron chi connectivity index (χ4n) is 2.03. The normalized spacial score (nSPS) is 15.0. The Balaban J connectivity index is 2.08. The van der Waals surface area contributed by atoms with Crippen molar-refractivity contribution in [1.82, 2.24) is 5.32 Å². The molecule has 0 unspecified atom stereocenters. The van der Waals surface area contributed by atoms with E-state index in [2.05, 4.69) is 11.2 Å². The van der Waals surface area contributed by atoms with E-state index in [-0.39, 0.29) is 12.0 Å². The van der Waals surface area contributed by atoms with Crippen LogP contribution >= 0.6 is 0 Å². The highest BCUT2D eigenvalue weighted by atomic mass is 16.5. The van der Waals surface area contributed by atoms with Crippen LogP contribution in [-0.2, 0) is 4.74 Å². The van der Waals surface area contributed by atoms with E-state index in [4.69, 9.17) is 11.2 Å². The molecule has 0 radical (unpaired) electrons. The van der Waals surface area contributed by atoms with Gasteiger partial charge in [-0.2, -0.15) is 0 Å². The van der Waals surface area contributed by atoms with Crippen LogP contribution in [0.15, 0.2) is 24.3 Å². The molecule has 1 aromatic rings. The van der Waals surface area contributed by atoms with E-state index >= 15 is 0 Å². The van der Waals surface area contributed by atoms with Crippen molar-refractivity contribution in [2.45, 2.75) is 25.4 Å². The molecule has 2 rings (SSSR count). The van der Waals surface area contributed by atoms with E-state index in [0.29, 0.717) is 23.5 Å². The van der Waals surface area contributed by atoms with Crippen LogP contribution in [0.3, 0.4) is 0 Å². The molecule has 1 fully saturated rings. The number of hydrogen-bond donors (Lipinski definition) is 1. The van der Waals surface area contributed by atoms with Crippen LogP contribution in [0.2, 0.25) is 0 Å². The molecule has 1 atom stereocenters. The van der Waals surface area contributed by atoms with Gasteiger partial charge in [-0.3, -0.25) is 4.79 Å². The number of amides is 1. The second kappa shape index (κ2) is 6.25. The van der Waals surface area contributed by atoms with E-state index in [0.717, 1.165) is 12.8 Å². The summed E-state index contributed by atoms with van der Waals surface area (Å²) in [6.07, 6.45) is 7.63. The van der Waals surface area contributed by atoms with Crippen molar-refractivity contribution < 1.29 is 14.3 Å². The summed E-state index contributed by atoms with van der Waals surface area (Å²) in [5, 5.41) is 2.52. The van der Waals surface area contributed by atoms with E-state index in [1.807, 2.05) is 0 Å². The third kappa shape index (κ3) is 3.39. The lowest BCUT2D eigenvalue weighted by Gasteiger charge is -2.15. The quantitative estimate of drug-likeness (QED) is 0.658. The predicted octanol–water partition coefficient (Wildman–Crippen LogP) is 2.00. The Morgan fingerprint density at radius 3 is 2.75 bits per heavy atom. The fraction of sp³-hybridized carbons (Fsp3) is 0.375. The highest BCUT2D eigenvalue weighted by molar-refractivity contribution is 5.97. The SMILES string of the molecule is C#CC[C@H](OC(=O)c1cccc(C(=O)NC)c1)C1CC1. The van der Waals surface area contributed by atoms with Crippen LogP contribution in [0.4, 0.5) is 0 Å². The second-order valence-corrected chi connectivity index (χ2v) is 4.85. The van der Waals surface area contributed by atoms with Crippen LogP contribution in [0.25, 0.3) is 0 Å². The van der Waals surface area contributed by atoms with Gasteiger partial charge in [-0.1, -0.05) is 6.07 Å². The van der Waals surface area contributed by atoms with Crippen molar-refractivity contribution in [2.24, 2.45) is 5.92 Å². The van der Waals surface area contributed by atoms with Gasteiger partial charge in [-0.25, -0.2) is 4.79 Å². The molecule has 4 nitrogen and oxygen atoms in total. The summed E-state index contributed by atoms with van der Waals surface area (Å²) in [6.45, 7) is 0. The first kappa shape index (κ1) is 14.1. The summed E-state index contributed by atoms with van der Waals surface area (Å²) in [4.78, 5) is 23.6. The van der Waals surface area contributed by atoms with Gasteiger partial charge in [0.2, 0.25) is 0 Å². The minimum atomic E-state index is -0.428. The van der Waals surface area contributed by atoms with Gasteiger partial charge in [0, 0.05) is 19.0 Å². The Morgan fingerprint density at radius 2 is 2.15 bits per heavy atom.